The Morgan fingerprint density at radius 2 is 1.84 bits per heavy atom. The number of hydrogen-bond acceptors (Lipinski definition) is 6. The van der Waals surface area contributed by atoms with E-state index in [1.54, 1.807) is 0 Å². The molecule has 19 heavy (non-hydrogen) atoms. The topological polar surface area (TPSA) is 86.7 Å². The van der Waals surface area contributed by atoms with Gasteiger partial charge in [-0.05, 0) is 12.1 Å². The summed E-state index contributed by atoms with van der Waals surface area (Å²) < 4.78 is -0.200. The van der Waals surface area contributed by atoms with Gasteiger partial charge in [0.05, 0.1) is 10.7 Å². The summed E-state index contributed by atoms with van der Waals surface area (Å²) in [4.78, 5) is 1.31. The van der Waals surface area contributed by atoms with Crippen LogP contribution in [-0.2, 0) is 0 Å². The smallest absolute Gasteiger partial charge is 0.108 e. The van der Waals surface area contributed by atoms with E-state index in [-0.39, 0.29) is 4.58 Å². The molecule has 5 N–H and O–H groups in total. The maximum absolute atomic E-state index is 9.92. The average molecular weight is 317 g/mol. The Morgan fingerprint density at radius 3 is 2.42 bits per heavy atom. The van der Waals surface area contributed by atoms with Gasteiger partial charge in [-0.25, -0.2) is 0 Å². The molecule has 0 spiro atoms. The van der Waals surface area contributed by atoms with Crippen molar-refractivity contribution >= 4 is 40.7 Å². The zero-order valence-electron chi connectivity index (χ0n) is 9.97. The molecule has 1 aliphatic heterocycles. The summed E-state index contributed by atoms with van der Waals surface area (Å²) in [6, 6.07) is 7.42. The highest BCUT2D eigenvalue weighted by Crippen LogP contribution is 2.38. The lowest BCUT2D eigenvalue weighted by molar-refractivity contribution is -0.0474. The highest BCUT2D eigenvalue weighted by atomic mass is 32.2. The minimum absolute atomic E-state index is 0.200. The summed E-state index contributed by atoms with van der Waals surface area (Å²) >= 11 is 7.78. The Bertz CT molecular complexity index is 454. The minimum atomic E-state index is -1.09. The first-order valence-corrected chi connectivity index (χ1v) is 8.05. The third-order valence-electron chi connectivity index (χ3n) is 2.85. The lowest BCUT2D eigenvalue weighted by Crippen LogP contribution is -2.47. The van der Waals surface area contributed by atoms with E-state index in [0.717, 1.165) is 10.5 Å². The van der Waals surface area contributed by atoms with Crippen LogP contribution < -0.4 is 5.73 Å². The molecule has 104 valence electrons. The second-order valence-corrected chi connectivity index (χ2v) is 7.38. The molecule has 1 aliphatic rings. The Balaban J connectivity index is 2.03. The Morgan fingerprint density at radius 1 is 1.21 bits per heavy atom. The molecule has 0 amide bonds. The van der Waals surface area contributed by atoms with Crippen LogP contribution in [0.1, 0.15) is 5.56 Å². The molecule has 0 aromatic heterocycles. The average Bonchev–Trinajstić information content (AvgIpc) is 2.40. The summed E-state index contributed by atoms with van der Waals surface area (Å²) in [6.07, 6.45) is -2.91. The molecule has 2 rings (SSSR count). The van der Waals surface area contributed by atoms with Crippen LogP contribution in [-0.4, -0.2) is 49.0 Å². The van der Waals surface area contributed by atoms with E-state index in [9.17, 15) is 15.3 Å². The zero-order chi connectivity index (χ0) is 14.0. The summed E-state index contributed by atoms with van der Waals surface area (Å²) in [6.45, 7) is 0. The Hall–Kier alpha value is -0.310. The Kier molecular flexibility index (Phi) is 5.10. The molecular weight excluding hydrogens is 302 g/mol. The van der Waals surface area contributed by atoms with Gasteiger partial charge in [-0.3, -0.25) is 0 Å². The molecule has 0 radical (unpaired) electrons. The van der Waals surface area contributed by atoms with E-state index in [1.807, 2.05) is 24.3 Å². The van der Waals surface area contributed by atoms with E-state index in [2.05, 4.69) is 0 Å². The second-order valence-electron chi connectivity index (χ2n) is 4.26. The number of nitrogens with two attached hydrogens (primary N) is 1. The van der Waals surface area contributed by atoms with Gasteiger partial charge in [0.25, 0.3) is 0 Å². The first kappa shape index (κ1) is 15.1. The number of aliphatic hydroxyl groups is 3. The van der Waals surface area contributed by atoms with Crippen LogP contribution in [0.3, 0.4) is 0 Å². The largest absolute Gasteiger partial charge is 0.389 e. The summed E-state index contributed by atoms with van der Waals surface area (Å²) in [5.41, 5.74) is 6.32. The highest BCUT2D eigenvalue weighted by Gasteiger charge is 2.37. The lowest BCUT2D eigenvalue weighted by atomic mass is 10.1. The normalized spacial score (nSPS) is 31.1. The van der Waals surface area contributed by atoms with Crippen LogP contribution in [0, 0.1) is 0 Å². The van der Waals surface area contributed by atoms with Crippen molar-refractivity contribution in [2.75, 3.05) is 5.75 Å². The fraction of sp³-hybridized carbons (Fsp3) is 0.417. The van der Waals surface area contributed by atoms with Gasteiger partial charge in [0.1, 0.15) is 17.2 Å². The van der Waals surface area contributed by atoms with Crippen LogP contribution in [0.4, 0.5) is 0 Å². The van der Waals surface area contributed by atoms with Crippen LogP contribution in [0.5, 0.6) is 0 Å². The van der Waals surface area contributed by atoms with Gasteiger partial charge in [-0.2, -0.15) is 0 Å². The van der Waals surface area contributed by atoms with Crippen molar-refractivity contribution in [3.63, 3.8) is 0 Å². The standard InChI is InChI=1S/C12H15NO3S3/c13-11(17)6-1-3-7(4-2-6)19-12-10(16)9(15)8(14)5-18-12/h1-4,8-10,12,14-16H,5H2,(H2,13,17)/t8-,9-,10+,12+/m1/s1. The number of benzene rings is 1. The first-order valence-electron chi connectivity index (χ1n) is 5.71. The molecule has 1 fully saturated rings. The molecule has 4 atom stereocenters. The van der Waals surface area contributed by atoms with Crippen LogP contribution >= 0.6 is 35.7 Å². The van der Waals surface area contributed by atoms with Gasteiger partial charge in [0.15, 0.2) is 0 Å². The SMILES string of the molecule is NC(=S)c1ccc(S[C@@H]2SC[C@@H](O)[C@@H](O)[C@@H]2O)cc1. The predicted octanol–water partition coefficient (Wildman–Crippen LogP) is 0.569. The number of thiocarbonyl (C=S) groups is 1. The number of aliphatic hydroxyl groups excluding tert-OH is 3. The van der Waals surface area contributed by atoms with Crippen molar-refractivity contribution < 1.29 is 15.3 Å². The van der Waals surface area contributed by atoms with E-state index in [0.29, 0.717) is 10.7 Å². The summed E-state index contributed by atoms with van der Waals surface area (Å²) in [5, 5.41) is 29.0. The van der Waals surface area contributed by atoms with Crippen molar-refractivity contribution in [1.82, 2.24) is 0 Å². The maximum atomic E-state index is 9.92. The molecule has 1 heterocycles. The predicted molar refractivity (Wildman–Crippen MR) is 82.5 cm³/mol. The molecule has 1 aromatic carbocycles. The lowest BCUT2D eigenvalue weighted by Gasteiger charge is -2.34. The van der Waals surface area contributed by atoms with Gasteiger partial charge in [-0.15, -0.1) is 23.5 Å². The van der Waals surface area contributed by atoms with Crippen molar-refractivity contribution in [2.45, 2.75) is 27.8 Å². The molecule has 0 unspecified atom stereocenters. The third-order valence-corrected chi connectivity index (χ3v) is 5.97. The monoisotopic (exact) mass is 317 g/mol. The van der Waals surface area contributed by atoms with Gasteiger partial charge in [0, 0.05) is 16.2 Å². The highest BCUT2D eigenvalue weighted by molar-refractivity contribution is 8.17. The maximum Gasteiger partial charge on any atom is 0.108 e. The number of hydrogen-bond donors (Lipinski definition) is 4. The fourth-order valence-corrected chi connectivity index (χ4v) is 4.50. The zero-order valence-corrected chi connectivity index (χ0v) is 12.4. The van der Waals surface area contributed by atoms with E-state index in [4.69, 9.17) is 18.0 Å². The van der Waals surface area contributed by atoms with Crippen molar-refractivity contribution in [2.24, 2.45) is 5.73 Å². The van der Waals surface area contributed by atoms with Gasteiger partial charge < -0.3 is 21.1 Å². The molecule has 1 saturated heterocycles. The van der Waals surface area contributed by atoms with E-state index >= 15 is 0 Å². The fourth-order valence-electron chi connectivity index (χ4n) is 1.71. The van der Waals surface area contributed by atoms with Gasteiger partial charge in [-0.1, -0.05) is 24.4 Å². The van der Waals surface area contributed by atoms with Crippen LogP contribution in [0.15, 0.2) is 29.2 Å². The third kappa shape index (κ3) is 3.62. The quantitative estimate of drug-likeness (QED) is 0.606. The Labute approximate surface area is 125 Å². The van der Waals surface area contributed by atoms with Crippen LogP contribution in [0.25, 0.3) is 0 Å². The van der Waals surface area contributed by atoms with Crippen molar-refractivity contribution in [1.29, 1.82) is 0 Å². The molecule has 1 aromatic rings. The molecular formula is C12H15NO3S3. The van der Waals surface area contributed by atoms with Crippen molar-refractivity contribution in [3.05, 3.63) is 29.8 Å². The van der Waals surface area contributed by atoms with E-state index in [1.165, 1.54) is 23.5 Å². The second kappa shape index (κ2) is 6.43. The molecule has 4 nitrogen and oxygen atoms in total. The summed E-state index contributed by atoms with van der Waals surface area (Å²) in [7, 11) is 0. The first-order chi connectivity index (χ1) is 8.99. The van der Waals surface area contributed by atoms with Gasteiger partial charge >= 0.3 is 0 Å². The summed E-state index contributed by atoms with van der Waals surface area (Å²) in [5.74, 6) is 0.418. The van der Waals surface area contributed by atoms with Crippen molar-refractivity contribution in [3.8, 4) is 0 Å². The molecule has 0 bridgehead atoms. The molecule has 0 saturated carbocycles. The van der Waals surface area contributed by atoms with Gasteiger partial charge in [0.2, 0.25) is 0 Å². The number of thioether (sulfide) groups is 2. The molecule has 0 aliphatic carbocycles. The van der Waals surface area contributed by atoms with E-state index < -0.39 is 18.3 Å². The van der Waals surface area contributed by atoms with Crippen LogP contribution in [0.2, 0.25) is 0 Å². The molecule has 7 heteroatoms. The number of rotatable bonds is 3. The minimum Gasteiger partial charge on any atom is -0.389 e.